The largest absolute Gasteiger partial charge is 0.416 e. The van der Waals surface area contributed by atoms with E-state index in [0.29, 0.717) is 24.0 Å². The van der Waals surface area contributed by atoms with Crippen molar-refractivity contribution in [3.05, 3.63) is 65.0 Å². The molecule has 0 saturated heterocycles. The van der Waals surface area contributed by atoms with Crippen LogP contribution in [0.5, 0.6) is 0 Å². The van der Waals surface area contributed by atoms with E-state index in [0.717, 1.165) is 41.8 Å². The van der Waals surface area contributed by atoms with Crippen molar-refractivity contribution in [2.75, 3.05) is 0 Å². The first-order valence-electron chi connectivity index (χ1n) is 7.80. The lowest BCUT2D eigenvalue weighted by Gasteiger charge is -2.11. The van der Waals surface area contributed by atoms with Gasteiger partial charge in [-0.3, -0.25) is 0 Å². The third kappa shape index (κ3) is 3.66. The number of halogens is 4. The average molecular weight is 385 g/mol. The maximum absolute atomic E-state index is 14.1. The summed E-state index contributed by atoms with van der Waals surface area (Å²) in [7, 11) is -4.16. The van der Waals surface area contributed by atoms with Crippen LogP contribution in [0.15, 0.2) is 47.4 Å². The Kier molecular flexibility index (Phi) is 4.66. The van der Waals surface area contributed by atoms with Crippen LogP contribution in [0.4, 0.5) is 17.6 Å². The number of alkyl halides is 3. The van der Waals surface area contributed by atoms with Gasteiger partial charge in [-0.25, -0.2) is 17.9 Å². The summed E-state index contributed by atoms with van der Waals surface area (Å²) in [5, 5.41) is 4.96. The third-order valence-corrected chi connectivity index (χ3v) is 5.31. The number of benzene rings is 2. The minimum atomic E-state index is -4.40. The van der Waals surface area contributed by atoms with Crippen molar-refractivity contribution in [2.45, 2.75) is 30.3 Å². The molecule has 2 N–H and O–H groups in total. The summed E-state index contributed by atoms with van der Waals surface area (Å²) >= 11 is 0. The third-order valence-electron chi connectivity index (χ3n) is 4.37. The first-order chi connectivity index (χ1) is 12.1. The van der Waals surface area contributed by atoms with Crippen molar-refractivity contribution in [3.8, 4) is 0 Å². The molecule has 0 atom stereocenters. The van der Waals surface area contributed by atoms with E-state index < -0.39 is 32.5 Å². The fraction of sp³-hybridized carbons (Fsp3) is 0.222. The average Bonchev–Trinajstić information content (AvgIpc) is 3.02. The second kappa shape index (κ2) is 6.51. The summed E-state index contributed by atoms with van der Waals surface area (Å²) in [6.07, 6.45) is -2.34. The van der Waals surface area contributed by atoms with Crippen LogP contribution in [0.25, 0.3) is 11.1 Å². The quantitative estimate of drug-likeness (QED) is 0.786. The molecule has 138 valence electrons. The number of sulfonamides is 1. The van der Waals surface area contributed by atoms with Gasteiger partial charge in [0.2, 0.25) is 10.0 Å². The van der Waals surface area contributed by atoms with Crippen LogP contribution in [0.3, 0.4) is 0 Å². The van der Waals surface area contributed by atoms with Crippen molar-refractivity contribution in [3.63, 3.8) is 0 Å². The van der Waals surface area contributed by atoms with Gasteiger partial charge in [0.1, 0.15) is 10.7 Å². The number of hydrogen-bond donors (Lipinski definition) is 1. The van der Waals surface area contributed by atoms with Crippen LogP contribution in [-0.4, -0.2) is 8.42 Å². The SMILES string of the molecule is NS(=O)(=O)c1ccc(C2=C(c3ccc(C(F)(F)F)cc3)CCC2)cc1F. The Labute approximate surface area is 148 Å². The maximum atomic E-state index is 14.1. The number of nitrogens with two attached hydrogens (primary N) is 1. The van der Waals surface area contributed by atoms with E-state index in [1.54, 1.807) is 0 Å². The zero-order valence-corrected chi connectivity index (χ0v) is 14.3. The van der Waals surface area contributed by atoms with Crippen LogP contribution in [0.2, 0.25) is 0 Å². The Bertz CT molecular complexity index is 977. The van der Waals surface area contributed by atoms with Gasteiger partial charge in [0, 0.05) is 0 Å². The highest BCUT2D eigenvalue weighted by Gasteiger charge is 2.30. The minimum Gasteiger partial charge on any atom is -0.225 e. The molecular weight excluding hydrogens is 370 g/mol. The standard InChI is InChI=1S/C18H15F4NO2S/c19-16-10-12(6-9-17(16)26(23,24)25)15-3-1-2-14(15)11-4-7-13(8-5-11)18(20,21)22/h4-10H,1-3H2,(H2,23,24,25). The van der Waals surface area contributed by atoms with Crippen LogP contribution in [-0.2, 0) is 16.2 Å². The van der Waals surface area contributed by atoms with Gasteiger partial charge >= 0.3 is 6.18 Å². The highest BCUT2D eigenvalue weighted by atomic mass is 32.2. The first-order valence-corrected chi connectivity index (χ1v) is 9.34. The molecule has 0 unspecified atom stereocenters. The summed E-state index contributed by atoms with van der Waals surface area (Å²) in [5.41, 5.74) is 2.04. The lowest BCUT2D eigenvalue weighted by Crippen LogP contribution is -2.14. The van der Waals surface area contributed by atoms with Crippen LogP contribution >= 0.6 is 0 Å². The molecule has 0 amide bonds. The van der Waals surface area contributed by atoms with Crippen molar-refractivity contribution in [1.82, 2.24) is 0 Å². The molecule has 0 saturated carbocycles. The molecule has 0 bridgehead atoms. The summed E-state index contributed by atoms with van der Waals surface area (Å²) < 4.78 is 74.9. The van der Waals surface area contributed by atoms with Gasteiger partial charge in [0.05, 0.1) is 5.56 Å². The van der Waals surface area contributed by atoms with E-state index in [-0.39, 0.29) is 0 Å². The van der Waals surface area contributed by atoms with Crippen molar-refractivity contribution in [2.24, 2.45) is 5.14 Å². The highest BCUT2D eigenvalue weighted by Crippen LogP contribution is 2.41. The van der Waals surface area contributed by atoms with E-state index in [2.05, 4.69) is 0 Å². The molecule has 0 spiro atoms. The first kappa shape index (κ1) is 18.6. The van der Waals surface area contributed by atoms with Gasteiger partial charge < -0.3 is 0 Å². The molecule has 0 aromatic heterocycles. The molecule has 1 aliphatic rings. The Morgan fingerprint density at radius 2 is 1.42 bits per heavy atom. The minimum absolute atomic E-state index is 0.502. The summed E-state index contributed by atoms with van der Waals surface area (Å²) in [4.78, 5) is -0.587. The molecule has 0 aliphatic heterocycles. The molecule has 2 aromatic rings. The van der Waals surface area contributed by atoms with Crippen LogP contribution < -0.4 is 5.14 Å². The fourth-order valence-corrected chi connectivity index (χ4v) is 3.75. The number of primary sulfonamides is 1. The highest BCUT2D eigenvalue weighted by molar-refractivity contribution is 7.89. The summed E-state index contributed by atoms with van der Waals surface area (Å²) in [5.74, 6) is -0.948. The normalized spacial score (nSPS) is 15.6. The zero-order valence-electron chi connectivity index (χ0n) is 13.5. The van der Waals surface area contributed by atoms with Crippen molar-refractivity contribution in [1.29, 1.82) is 0 Å². The van der Waals surface area contributed by atoms with Gasteiger partial charge in [0.25, 0.3) is 0 Å². The second-order valence-corrected chi connectivity index (χ2v) is 7.61. The topological polar surface area (TPSA) is 60.2 Å². The Morgan fingerprint density at radius 1 is 0.885 bits per heavy atom. The molecule has 0 radical (unpaired) electrons. The molecule has 3 rings (SSSR count). The number of allylic oxidation sites excluding steroid dienone is 2. The maximum Gasteiger partial charge on any atom is 0.416 e. The summed E-state index contributed by atoms with van der Waals surface area (Å²) in [6.45, 7) is 0. The number of rotatable bonds is 3. The lowest BCUT2D eigenvalue weighted by molar-refractivity contribution is -0.137. The Balaban J connectivity index is 2.02. The monoisotopic (exact) mass is 385 g/mol. The van der Waals surface area contributed by atoms with E-state index in [9.17, 15) is 26.0 Å². The van der Waals surface area contributed by atoms with Crippen molar-refractivity contribution >= 4 is 21.2 Å². The fourth-order valence-electron chi connectivity index (χ4n) is 3.16. The summed E-state index contributed by atoms with van der Waals surface area (Å²) in [6, 6.07) is 8.51. The number of hydrogen-bond acceptors (Lipinski definition) is 2. The van der Waals surface area contributed by atoms with Gasteiger partial charge in [-0.1, -0.05) is 18.2 Å². The van der Waals surface area contributed by atoms with E-state index >= 15 is 0 Å². The second-order valence-electron chi connectivity index (χ2n) is 6.08. The molecule has 0 fully saturated rings. The van der Waals surface area contributed by atoms with Gasteiger partial charge in [-0.15, -0.1) is 0 Å². The smallest absolute Gasteiger partial charge is 0.225 e. The van der Waals surface area contributed by atoms with Gasteiger partial charge in [0.15, 0.2) is 0 Å². The van der Waals surface area contributed by atoms with Crippen LogP contribution in [0.1, 0.15) is 36.0 Å². The predicted octanol–water partition coefficient (Wildman–Crippen LogP) is 4.59. The Hall–Kier alpha value is -2.19. The van der Waals surface area contributed by atoms with Gasteiger partial charge in [-0.05, 0) is 65.8 Å². The van der Waals surface area contributed by atoms with Gasteiger partial charge in [-0.2, -0.15) is 13.2 Å². The van der Waals surface area contributed by atoms with Crippen molar-refractivity contribution < 1.29 is 26.0 Å². The molecule has 3 nitrogen and oxygen atoms in total. The predicted molar refractivity (Wildman–Crippen MR) is 89.9 cm³/mol. The molecule has 8 heteroatoms. The molecule has 2 aromatic carbocycles. The van der Waals surface area contributed by atoms with E-state index in [1.807, 2.05) is 0 Å². The Morgan fingerprint density at radius 3 is 1.92 bits per heavy atom. The van der Waals surface area contributed by atoms with Crippen LogP contribution in [0, 0.1) is 5.82 Å². The molecule has 0 heterocycles. The molecular formula is C18H15F4NO2S. The molecule has 26 heavy (non-hydrogen) atoms. The van der Waals surface area contributed by atoms with E-state index in [4.69, 9.17) is 5.14 Å². The molecule has 1 aliphatic carbocycles. The lowest BCUT2D eigenvalue weighted by atomic mass is 9.96. The zero-order chi connectivity index (χ0) is 19.1. The van der Waals surface area contributed by atoms with E-state index in [1.165, 1.54) is 18.2 Å².